The van der Waals surface area contributed by atoms with E-state index >= 15 is 0 Å². The van der Waals surface area contributed by atoms with Gasteiger partial charge in [0.15, 0.2) is 0 Å². The highest BCUT2D eigenvalue weighted by molar-refractivity contribution is 6.31. The van der Waals surface area contributed by atoms with Gasteiger partial charge in [0.1, 0.15) is 11.6 Å². The molecule has 1 aliphatic rings. The lowest BCUT2D eigenvalue weighted by atomic mass is 10.1. The van der Waals surface area contributed by atoms with Crippen LogP contribution in [-0.4, -0.2) is 19.0 Å². The standard InChI is InChI=1S/C20H19ClF2N2O/c1-13-3-2-9-25(10-8-13)19-11-14(4-6-18(19)23)20(26)24-15-5-7-17(22)16(21)12-15/h4-7,11-12H,1-3,8-10H2,(H,24,26). The zero-order chi connectivity index (χ0) is 18.7. The Hall–Kier alpha value is -2.40. The second-order valence-electron chi connectivity index (χ2n) is 6.34. The second-order valence-corrected chi connectivity index (χ2v) is 6.75. The van der Waals surface area contributed by atoms with Gasteiger partial charge in [0.25, 0.3) is 5.91 Å². The van der Waals surface area contributed by atoms with Gasteiger partial charge in [0.05, 0.1) is 10.7 Å². The van der Waals surface area contributed by atoms with E-state index in [1.54, 1.807) is 6.07 Å². The summed E-state index contributed by atoms with van der Waals surface area (Å²) in [5.74, 6) is -1.33. The molecule has 2 aromatic carbocycles. The van der Waals surface area contributed by atoms with Crippen LogP contribution in [0, 0.1) is 11.6 Å². The lowest BCUT2D eigenvalue weighted by Crippen LogP contribution is -2.25. The van der Waals surface area contributed by atoms with Crippen molar-refractivity contribution in [2.75, 3.05) is 23.3 Å². The number of hydrogen-bond donors (Lipinski definition) is 1. The molecule has 2 aromatic rings. The van der Waals surface area contributed by atoms with E-state index in [1.165, 1.54) is 30.3 Å². The van der Waals surface area contributed by atoms with E-state index in [-0.39, 0.29) is 10.8 Å². The van der Waals surface area contributed by atoms with Gasteiger partial charge in [-0.2, -0.15) is 0 Å². The van der Waals surface area contributed by atoms with Crippen LogP contribution >= 0.6 is 11.6 Å². The summed E-state index contributed by atoms with van der Waals surface area (Å²) in [4.78, 5) is 14.4. The van der Waals surface area contributed by atoms with Gasteiger partial charge < -0.3 is 10.2 Å². The predicted octanol–water partition coefficient (Wildman–Crippen LogP) is 5.42. The van der Waals surface area contributed by atoms with E-state index in [0.717, 1.165) is 24.8 Å². The van der Waals surface area contributed by atoms with Crippen molar-refractivity contribution >= 4 is 28.9 Å². The maximum absolute atomic E-state index is 14.3. The molecule has 1 heterocycles. The van der Waals surface area contributed by atoms with Crippen LogP contribution in [0.4, 0.5) is 20.2 Å². The molecule has 0 aliphatic carbocycles. The number of halogens is 3. The fourth-order valence-electron chi connectivity index (χ4n) is 2.96. The van der Waals surface area contributed by atoms with Gasteiger partial charge in [-0.3, -0.25) is 4.79 Å². The smallest absolute Gasteiger partial charge is 0.255 e. The molecule has 3 nitrogen and oxygen atoms in total. The van der Waals surface area contributed by atoms with Gasteiger partial charge in [0.2, 0.25) is 0 Å². The topological polar surface area (TPSA) is 32.3 Å². The third-order valence-corrected chi connectivity index (χ3v) is 4.71. The van der Waals surface area contributed by atoms with Crippen molar-refractivity contribution in [2.24, 2.45) is 0 Å². The van der Waals surface area contributed by atoms with Crippen molar-refractivity contribution in [1.29, 1.82) is 0 Å². The average Bonchev–Trinajstić information content (AvgIpc) is 2.83. The van der Waals surface area contributed by atoms with Crippen LogP contribution in [0.15, 0.2) is 48.6 Å². The van der Waals surface area contributed by atoms with Gasteiger partial charge in [0, 0.05) is 24.3 Å². The number of hydrogen-bond acceptors (Lipinski definition) is 2. The van der Waals surface area contributed by atoms with Crippen LogP contribution in [0.25, 0.3) is 0 Å². The molecule has 0 radical (unpaired) electrons. The van der Waals surface area contributed by atoms with Gasteiger partial charge in [-0.15, -0.1) is 0 Å². The molecule has 136 valence electrons. The van der Waals surface area contributed by atoms with E-state index in [1.807, 2.05) is 4.90 Å². The predicted molar refractivity (Wildman–Crippen MR) is 101 cm³/mol. The van der Waals surface area contributed by atoms with E-state index in [4.69, 9.17) is 11.6 Å². The molecule has 1 fully saturated rings. The Morgan fingerprint density at radius 3 is 2.62 bits per heavy atom. The number of carbonyl (C=O) groups excluding carboxylic acids is 1. The molecule has 3 rings (SSSR count). The normalized spacial score (nSPS) is 14.9. The van der Waals surface area contributed by atoms with Crippen LogP contribution in [0.3, 0.4) is 0 Å². The Bertz CT molecular complexity index is 854. The third-order valence-electron chi connectivity index (χ3n) is 4.42. The number of rotatable bonds is 3. The highest BCUT2D eigenvalue weighted by atomic mass is 35.5. The highest BCUT2D eigenvalue weighted by Gasteiger charge is 2.17. The lowest BCUT2D eigenvalue weighted by Gasteiger charge is -2.23. The largest absolute Gasteiger partial charge is 0.369 e. The fourth-order valence-corrected chi connectivity index (χ4v) is 3.14. The van der Waals surface area contributed by atoms with Crippen molar-refractivity contribution in [1.82, 2.24) is 0 Å². The summed E-state index contributed by atoms with van der Waals surface area (Å²) < 4.78 is 27.5. The molecular weight excluding hydrogens is 358 g/mol. The minimum Gasteiger partial charge on any atom is -0.369 e. The van der Waals surface area contributed by atoms with Crippen molar-refractivity contribution in [2.45, 2.75) is 19.3 Å². The van der Waals surface area contributed by atoms with Gasteiger partial charge in [-0.25, -0.2) is 8.78 Å². The Kier molecular flexibility index (Phi) is 5.57. The Balaban J connectivity index is 1.80. The number of benzene rings is 2. The number of carbonyl (C=O) groups is 1. The monoisotopic (exact) mass is 376 g/mol. The van der Waals surface area contributed by atoms with Crippen molar-refractivity contribution in [3.63, 3.8) is 0 Å². The van der Waals surface area contributed by atoms with Crippen LogP contribution in [0.1, 0.15) is 29.6 Å². The lowest BCUT2D eigenvalue weighted by molar-refractivity contribution is 0.102. The molecule has 26 heavy (non-hydrogen) atoms. The maximum atomic E-state index is 14.3. The Morgan fingerprint density at radius 2 is 1.85 bits per heavy atom. The van der Waals surface area contributed by atoms with Gasteiger partial charge >= 0.3 is 0 Å². The number of nitrogens with zero attached hydrogens (tertiary/aromatic N) is 1. The van der Waals surface area contributed by atoms with Crippen LogP contribution in [0.5, 0.6) is 0 Å². The summed E-state index contributed by atoms with van der Waals surface area (Å²) >= 11 is 5.73. The molecule has 1 amide bonds. The highest BCUT2D eigenvalue weighted by Crippen LogP contribution is 2.26. The quantitative estimate of drug-likeness (QED) is 0.726. The molecule has 0 bridgehead atoms. The molecule has 0 aromatic heterocycles. The number of amides is 1. The SMILES string of the molecule is C=C1CCCN(c2cc(C(=O)Nc3ccc(F)c(Cl)c3)ccc2F)CC1. The van der Waals surface area contributed by atoms with Crippen LogP contribution in [-0.2, 0) is 0 Å². The van der Waals surface area contributed by atoms with Crippen LogP contribution in [0.2, 0.25) is 5.02 Å². The minimum absolute atomic E-state index is 0.0765. The first-order valence-electron chi connectivity index (χ1n) is 8.41. The van der Waals surface area contributed by atoms with E-state index in [9.17, 15) is 13.6 Å². The van der Waals surface area contributed by atoms with Gasteiger partial charge in [-0.05, 0) is 55.7 Å². The van der Waals surface area contributed by atoms with Crippen molar-refractivity contribution < 1.29 is 13.6 Å². The van der Waals surface area contributed by atoms with E-state index in [2.05, 4.69) is 11.9 Å². The zero-order valence-electron chi connectivity index (χ0n) is 14.2. The molecule has 6 heteroatoms. The van der Waals surface area contributed by atoms with E-state index < -0.39 is 11.7 Å². The third kappa shape index (κ3) is 4.22. The minimum atomic E-state index is -0.559. The van der Waals surface area contributed by atoms with Gasteiger partial charge in [-0.1, -0.05) is 23.8 Å². The summed E-state index contributed by atoms with van der Waals surface area (Å²) in [7, 11) is 0. The average molecular weight is 377 g/mol. The molecule has 0 saturated carbocycles. The summed E-state index contributed by atoms with van der Waals surface area (Å²) in [6.45, 7) is 5.40. The van der Waals surface area contributed by atoms with Crippen molar-refractivity contribution in [3.05, 3.63) is 70.8 Å². The molecule has 1 aliphatic heterocycles. The fraction of sp³-hybridized carbons (Fsp3) is 0.250. The molecule has 0 atom stereocenters. The van der Waals surface area contributed by atoms with Crippen LogP contribution < -0.4 is 10.2 Å². The first-order chi connectivity index (χ1) is 12.4. The first kappa shape index (κ1) is 18.4. The Morgan fingerprint density at radius 1 is 1.08 bits per heavy atom. The summed E-state index contributed by atoms with van der Waals surface area (Å²) in [5.41, 5.74) is 2.27. The first-order valence-corrected chi connectivity index (χ1v) is 8.79. The Labute approximate surface area is 156 Å². The summed E-state index contributed by atoms with van der Waals surface area (Å²) in [6, 6.07) is 8.20. The molecule has 1 saturated heterocycles. The maximum Gasteiger partial charge on any atom is 0.255 e. The molecule has 0 spiro atoms. The second kappa shape index (κ2) is 7.87. The molecule has 0 unspecified atom stereocenters. The molecular formula is C20H19ClF2N2O. The number of anilines is 2. The molecule has 1 N–H and O–H groups in total. The number of nitrogens with one attached hydrogen (secondary N) is 1. The summed E-state index contributed by atoms with van der Waals surface area (Å²) in [5, 5.41) is 2.57. The van der Waals surface area contributed by atoms with Crippen molar-refractivity contribution in [3.8, 4) is 0 Å². The zero-order valence-corrected chi connectivity index (χ0v) is 15.0. The van der Waals surface area contributed by atoms with E-state index in [0.29, 0.717) is 30.0 Å². The summed E-state index contributed by atoms with van der Waals surface area (Å²) in [6.07, 6.45) is 2.65.